The molecule has 2 aromatic carbocycles. The molecule has 1 fully saturated rings. The van der Waals surface area contributed by atoms with Gasteiger partial charge in [0.05, 0.1) is 16.4 Å². The van der Waals surface area contributed by atoms with Crippen LogP contribution in [0.4, 0.5) is 14.5 Å². The average Bonchev–Trinajstić information content (AvgIpc) is 3.69. The van der Waals surface area contributed by atoms with Gasteiger partial charge in [0, 0.05) is 30.3 Å². The van der Waals surface area contributed by atoms with Crippen molar-refractivity contribution in [2.75, 3.05) is 6.61 Å². The molecule has 4 aromatic rings. The Morgan fingerprint density at radius 2 is 1.74 bits per heavy atom. The Balaban J connectivity index is 1.51. The molecule has 5 rings (SSSR count). The number of hydrogen-bond acceptors (Lipinski definition) is 9. The van der Waals surface area contributed by atoms with E-state index >= 15 is 0 Å². The lowest BCUT2D eigenvalue weighted by molar-refractivity contribution is -0.605. The van der Waals surface area contributed by atoms with Crippen LogP contribution in [-0.4, -0.2) is 36.5 Å². The SMILES string of the molecule is O=C(O[C@@H](Cc1c(Cl)c[n+]([O-])cc1Cl)c1ccc(OC(F)F)c(OCC2CC2)c1)c1cccn1S(=O)(=O)c1ccc([N+](=O)[O-])cc1. The molecular weight excluding hydrogens is 675 g/mol. The molecule has 12 nitrogen and oxygen atoms in total. The largest absolute Gasteiger partial charge is 0.619 e. The topological polar surface area (TPSA) is 154 Å². The van der Waals surface area contributed by atoms with Gasteiger partial charge in [0.25, 0.3) is 15.7 Å². The normalized spacial score (nSPS) is 13.8. The van der Waals surface area contributed by atoms with Gasteiger partial charge in [-0.3, -0.25) is 10.1 Å². The highest BCUT2D eigenvalue weighted by atomic mass is 35.5. The van der Waals surface area contributed by atoms with Crippen LogP contribution in [0.15, 0.2) is 78.1 Å². The molecule has 1 aliphatic carbocycles. The number of nitrogens with zero attached hydrogens (tertiary/aromatic N) is 3. The Labute approximate surface area is 270 Å². The Morgan fingerprint density at radius 1 is 1.07 bits per heavy atom. The number of non-ortho nitro benzene ring substituents is 1. The first kappa shape index (κ1) is 32.9. The third-order valence-corrected chi connectivity index (χ3v) is 9.31. The van der Waals surface area contributed by atoms with Crippen LogP contribution in [0.2, 0.25) is 10.0 Å². The molecule has 1 atom stereocenters. The van der Waals surface area contributed by atoms with Crippen LogP contribution in [0.25, 0.3) is 0 Å². The number of rotatable bonds is 13. The third-order valence-electron chi connectivity index (χ3n) is 6.95. The van der Waals surface area contributed by atoms with E-state index in [0.29, 0.717) is 8.70 Å². The Kier molecular flexibility index (Phi) is 9.65. The minimum absolute atomic E-state index is 0.0440. The molecule has 0 unspecified atom stereocenters. The smallest absolute Gasteiger partial charge is 0.387 e. The fraction of sp³-hybridized carbons (Fsp3) is 0.241. The summed E-state index contributed by atoms with van der Waals surface area (Å²) in [7, 11) is -4.42. The summed E-state index contributed by atoms with van der Waals surface area (Å²) < 4.78 is 70.3. The average molecular weight is 698 g/mol. The highest BCUT2D eigenvalue weighted by Crippen LogP contribution is 2.38. The summed E-state index contributed by atoms with van der Waals surface area (Å²) >= 11 is 12.6. The molecule has 1 saturated carbocycles. The zero-order valence-corrected chi connectivity index (χ0v) is 25.8. The number of carbonyl (C=O) groups is 1. The zero-order chi connectivity index (χ0) is 33.2. The molecule has 2 heterocycles. The number of hydrogen-bond donors (Lipinski definition) is 0. The molecule has 46 heavy (non-hydrogen) atoms. The summed E-state index contributed by atoms with van der Waals surface area (Å²) in [5.41, 5.74) is -0.326. The summed E-state index contributed by atoms with van der Waals surface area (Å²) in [5, 5.41) is 22.7. The van der Waals surface area contributed by atoms with Gasteiger partial charge in [0.15, 0.2) is 23.9 Å². The fourth-order valence-electron chi connectivity index (χ4n) is 4.44. The van der Waals surface area contributed by atoms with Crippen LogP contribution in [-0.2, 0) is 21.2 Å². The number of ether oxygens (including phenoxy) is 3. The second kappa shape index (κ2) is 13.5. The van der Waals surface area contributed by atoms with Crippen molar-refractivity contribution in [2.45, 2.75) is 36.9 Å². The summed E-state index contributed by atoms with van der Waals surface area (Å²) in [6.07, 6.45) is 3.51. The maximum Gasteiger partial charge on any atom is 0.387 e. The Morgan fingerprint density at radius 3 is 2.35 bits per heavy atom. The van der Waals surface area contributed by atoms with Gasteiger partial charge >= 0.3 is 12.6 Å². The van der Waals surface area contributed by atoms with Crippen molar-refractivity contribution < 1.29 is 45.9 Å². The first-order chi connectivity index (χ1) is 21.8. The van der Waals surface area contributed by atoms with Crippen molar-refractivity contribution in [2.24, 2.45) is 5.92 Å². The standard InChI is InChI=1S/C29H23Cl2F2N3O9S/c30-22-14-34(38)15-23(31)21(22)13-26(18-5-10-25(45-29(32)33)27(12-18)43-16-17-3-4-17)44-28(37)24-2-1-11-35(24)46(41,42)20-8-6-19(7-9-20)36(39)40/h1-2,5-12,14-15,17,26,29H,3-4,13,16H2/t26-/m0/s1. The summed E-state index contributed by atoms with van der Waals surface area (Å²) in [6.45, 7) is -2.91. The quantitative estimate of drug-likeness (QED) is 0.0530. The Bertz CT molecular complexity index is 1860. The lowest BCUT2D eigenvalue weighted by Gasteiger charge is -2.22. The first-order valence-corrected chi connectivity index (χ1v) is 15.7. The minimum Gasteiger partial charge on any atom is -0.619 e. The van der Waals surface area contributed by atoms with Crippen LogP contribution in [0, 0.1) is 21.2 Å². The van der Waals surface area contributed by atoms with Crippen LogP contribution in [0.5, 0.6) is 11.5 Å². The van der Waals surface area contributed by atoms with Gasteiger partial charge in [-0.1, -0.05) is 29.3 Å². The highest BCUT2D eigenvalue weighted by molar-refractivity contribution is 7.90. The van der Waals surface area contributed by atoms with Gasteiger partial charge in [-0.2, -0.15) is 13.5 Å². The van der Waals surface area contributed by atoms with Crippen molar-refractivity contribution in [3.8, 4) is 11.5 Å². The maximum absolute atomic E-state index is 13.6. The van der Waals surface area contributed by atoms with Crippen molar-refractivity contribution in [1.82, 2.24) is 3.97 Å². The van der Waals surface area contributed by atoms with E-state index in [1.165, 1.54) is 30.3 Å². The molecule has 242 valence electrons. The predicted octanol–water partition coefficient (Wildman–Crippen LogP) is 6.10. The maximum atomic E-state index is 13.6. The number of halogens is 4. The number of benzene rings is 2. The van der Waals surface area contributed by atoms with E-state index in [0.717, 1.165) is 55.7 Å². The van der Waals surface area contributed by atoms with Gasteiger partial charge in [0.1, 0.15) is 21.8 Å². The van der Waals surface area contributed by atoms with Crippen LogP contribution in [0.3, 0.4) is 0 Å². The summed E-state index contributed by atoms with van der Waals surface area (Å²) in [6, 6.07) is 10.5. The molecule has 0 bridgehead atoms. The van der Waals surface area contributed by atoms with Gasteiger partial charge in [0.2, 0.25) is 0 Å². The van der Waals surface area contributed by atoms with E-state index in [4.69, 9.17) is 32.7 Å². The molecule has 0 aliphatic heterocycles. The molecule has 17 heteroatoms. The zero-order valence-electron chi connectivity index (χ0n) is 23.4. The van der Waals surface area contributed by atoms with Crippen molar-refractivity contribution in [1.29, 1.82) is 0 Å². The molecule has 0 spiro atoms. The molecule has 0 radical (unpaired) electrons. The summed E-state index contributed by atoms with van der Waals surface area (Å²) in [4.78, 5) is 23.6. The van der Waals surface area contributed by atoms with Crippen LogP contribution in [0.1, 0.15) is 40.6 Å². The molecular formula is C29H23Cl2F2N3O9S. The molecule has 1 aliphatic rings. The summed E-state index contributed by atoms with van der Waals surface area (Å²) in [5.74, 6) is -1.16. The van der Waals surface area contributed by atoms with Gasteiger partial charge < -0.3 is 19.4 Å². The van der Waals surface area contributed by atoms with Gasteiger partial charge in [-0.15, -0.1) is 0 Å². The lowest BCUT2D eigenvalue weighted by Crippen LogP contribution is -2.26. The second-order valence-electron chi connectivity index (χ2n) is 10.2. The molecule has 0 saturated heterocycles. The lowest BCUT2D eigenvalue weighted by atomic mass is 10.0. The van der Waals surface area contributed by atoms with E-state index in [1.807, 2.05) is 0 Å². The number of alkyl halides is 2. The number of nitro benzene ring substituents is 1. The van der Waals surface area contributed by atoms with E-state index in [1.54, 1.807) is 0 Å². The van der Waals surface area contributed by atoms with E-state index in [-0.39, 0.29) is 62.2 Å². The van der Waals surface area contributed by atoms with E-state index < -0.39 is 39.3 Å². The monoisotopic (exact) mass is 697 g/mol. The van der Waals surface area contributed by atoms with Gasteiger partial charge in [-0.05, 0) is 60.7 Å². The van der Waals surface area contributed by atoms with Crippen LogP contribution < -0.4 is 14.2 Å². The molecule has 0 N–H and O–H groups in total. The second-order valence-corrected chi connectivity index (χ2v) is 12.8. The van der Waals surface area contributed by atoms with Crippen molar-refractivity contribution in [3.05, 3.63) is 115 Å². The third kappa shape index (κ3) is 7.49. The van der Waals surface area contributed by atoms with E-state index in [2.05, 4.69) is 4.74 Å². The first-order valence-electron chi connectivity index (χ1n) is 13.5. The van der Waals surface area contributed by atoms with Gasteiger partial charge in [-0.25, -0.2) is 17.2 Å². The van der Waals surface area contributed by atoms with Crippen LogP contribution >= 0.6 is 23.2 Å². The highest BCUT2D eigenvalue weighted by Gasteiger charge is 2.29. The Hall–Kier alpha value is -4.47. The molecule has 0 amide bonds. The minimum atomic E-state index is -4.42. The predicted molar refractivity (Wildman–Crippen MR) is 159 cm³/mol. The molecule has 2 aromatic heterocycles. The van der Waals surface area contributed by atoms with E-state index in [9.17, 15) is 37.3 Å². The number of esters is 1. The van der Waals surface area contributed by atoms with Crippen molar-refractivity contribution >= 4 is 44.9 Å². The fourth-order valence-corrected chi connectivity index (χ4v) is 6.37. The number of nitro groups is 1. The van der Waals surface area contributed by atoms with Crippen molar-refractivity contribution in [3.63, 3.8) is 0 Å². The number of pyridine rings is 1. The number of aromatic nitrogens is 2. The number of carbonyl (C=O) groups excluding carboxylic acids is 1.